The molecule has 0 aromatic carbocycles. The van der Waals surface area contributed by atoms with Crippen molar-refractivity contribution < 1.29 is 30.4 Å². The maximum Gasteiger partial charge on any atom is 0.297 e. The monoisotopic (exact) mass is 419 g/mol. The molecule has 164 valence electrons. The first-order valence-corrected chi connectivity index (χ1v) is 9.99. The maximum atomic E-state index is 12.5. The van der Waals surface area contributed by atoms with Crippen LogP contribution in [0.15, 0.2) is 47.4 Å². The molecule has 8 heteroatoms. The van der Waals surface area contributed by atoms with Crippen LogP contribution in [0.25, 0.3) is 0 Å². The fraction of sp³-hybridized carbons (Fsp3) is 0.455. The van der Waals surface area contributed by atoms with Crippen LogP contribution in [0.2, 0.25) is 0 Å². The van der Waals surface area contributed by atoms with E-state index in [9.17, 15) is 30.1 Å². The second kappa shape index (κ2) is 10.4. The van der Waals surface area contributed by atoms with Crippen LogP contribution in [-0.4, -0.2) is 48.9 Å². The van der Waals surface area contributed by atoms with Crippen molar-refractivity contribution in [3.8, 4) is 5.75 Å². The van der Waals surface area contributed by atoms with Crippen LogP contribution < -0.4 is 5.56 Å². The molecule has 0 saturated heterocycles. The molecular formula is C22H29NO7. The molecule has 5 N–H and O–H groups in total. The molecule has 1 atom stereocenters. The molecule has 30 heavy (non-hydrogen) atoms. The smallest absolute Gasteiger partial charge is 0.297 e. The molecule has 1 aromatic rings. The third-order valence-electron chi connectivity index (χ3n) is 5.42. The summed E-state index contributed by atoms with van der Waals surface area (Å²) in [6.45, 7) is 2.00. The number of aromatic hydroxyl groups is 1. The molecule has 0 radical (unpaired) electrons. The molecule has 2 rings (SSSR count). The van der Waals surface area contributed by atoms with E-state index in [0.29, 0.717) is 0 Å². The first-order chi connectivity index (χ1) is 14.2. The van der Waals surface area contributed by atoms with Gasteiger partial charge in [0, 0.05) is 12.2 Å². The van der Waals surface area contributed by atoms with Gasteiger partial charge >= 0.3 is 0 Å². The molecule has 0 aliphatic heterocycles. The van der Waals surface area contributed by atoms with E-state index >= 15 is 0 Å². The minimum atomic E-state index is -1.56. The molecule has 0 spiro atoms. The molecule has 1 aromatic heterocycles. The van der Waals surface area contributed by atoms with Crippen molar-refractivity contribution in [2.45, 2.75) is 50.7 Å². The lowest BCUT2D eigenvalue weighted by Gasteiger charge is -2.35. The van der Waals surface area contributed by atoms with E-state index in [0.717, 1.165) is 18.7 Å². The Morgan fingerprint density at radius 1 is 1.27 bits per heavy atom. The molecule has 0 amide bonds. The van der Waals surface area contributed by atoms with Crippen molar-refractivity contribution >= 4 is 5.78 Å². The molecule has 0 unspecified atom stereocenters. The van der Waals surface area contributed by atoms with Gasteiger partial charge in [0.25, 0.3) is 5.56 Å². The second-order valence-electron chi connectivity index (χ2n) is 7.52. The Bertz CT molecular complexity index is 885. The highest BCUT2D eigenvalue weighted by Gasteiger charge is 2.38. The zero-order valence-electron chi connectivity index (χ0n) is 16.9. The number of hydrogen-bond donors (Lipinski definition) is 5. The van der Waals surface area contributed by atoms with Gasteiger partial charge in [-0.1, -0.05) is 37.3 Å². The lowest BCUT2D eigenvalue weighted by atomic mass is 9.78. The van der Waals surface area contributed by atoms with Crippen molar-refractivity contribution in [2.24, 2.45) is 5.92 Å². The average molecular weight is 419 g/mol. The number of pyridine rings is 1. The van der Waals surface area contributed by atoms with Gasteiger partial charge in [-0.25, -0.2) is 0 Å². The largest absolute Gasteiger partial charge is 0.506 e. The Balaban J connectivity index is 2.25. The summed E-state index contributed by atoms with van der Waals surface area (Å²) in [5.41, 5.74) is -3.42. The van der Waals surface area contributed by atoms with E-state index in [1.807, 2.05) is 13.0 Å². The fourth-order valence-corrected chi connectivity index (χ4v) is 3.41. The molecule has 1 aliphatic rings. The lowest BCUT2D eigenvalue weighted by molar-refractivity contribution is -0.0389. The van der Waals surface area contributed by atoms with Gasteiger partial charge in [0.05, 0.1) is 17.9 Å². The number of aliphatic hydroxyl groups is 3. The van der Waals surface area contributed by atoms with Crippen molar-refractivity contribution in [1.82, 2.24) is 4.73 Å². The van der Waals surface area contributed by atoms with E-state index < -0.39 is 34.4 Å². The number of carbonyl (C=O) groups is 1. The Morgan fingerprint density at radius 2 is 1.90 bits per heavy atom. The predicted octanol–water partition coefficient (Wildman–Crippen LogP) is 1.78. The Morgan fingerprint density at radius 3 is 2.50 bits per heavy atom. The van der Waals surface area contributed by atoms with Crippen LogP contribution in [-0.2, 0) is 5.60 Å². The maximum absolute atomic E-state index is 12.5. The third-order valence-corrected chi connectivity index (χ3v) is 5.42. The van der Waals surface area contributed by atoms with Crippen LogP contribution in [0.1, 0.15) is 54.9 Å². The van der Waals surface area contributed by atoms with Gasteiger partial charge in [0.1, 0.15) is 11.3 Å². The van der Waals surface area contributed by atoms with Gasteiger partial charge in [-0.05, 0) is 44.1 Å². The van der Waals surface area contributed by atoms with E-state index in [1.165, 1.54) is 6.08 Å². The highest BCUT2D eigenvalue weighted by atomic mass is 16.5. The number of aliphatic hydroxyl groups excluding tert-OH is 2. The van der Waals surface area contributed by atoms with Crippen molar-refractivity contribution in [1.29, 1.82) is 0 Å². The van der Waals surface area contributed by atoms with Crippen LogP contribution in [0, 0.1) is 5.92 Å². The molecule has 8 nitrogen and oxygen atoms in total. The minimum Gasteiger partial charge on any atom is -0.506 e. The van der Waals surface area contributed by atoms with Gasteiger partial charge in [-0.15, -0.1) is 0 Å². The number of hydrogen-bond acceptors (Lipinski definition) is 7. The fourth-order valence-electron chi connectivity index (χ4n) is 3.41. The normalized spacial score (nSPS) is 23.5. The van der Waals surface area contributed by atoms with Crippen LogP contribution in [0.3, 0.4) is 0 Å². The third kappa shape index (κ3) is 5.47. The number of allylic oxidation sites excluding steroid dienone is 5. The highest BCUT2D eigenvalue weighted by molar-refractivity contribution is 6.06. The molecule has 1 fully saturated rings. The molecular weight excluding hydrogens is 390 g/mol. The first-order valence-electron chi connectivity index (χ1n) is 9.99. The Labute approximate surface area is 174 Å². The van der Waals surface area contributed by atoms with E-state index in [4.69, 9.17) is 5.11 Å². The number of nitrogens with zero attached hydrogens (tertiary/aromatic N) is 1. The summed E-state index contributed by atoms with van der Waals surface area (Å²) >= 11 is 0. The van der Waals surface area contributed by atoms with Crippen molar-refractivity contribution in [3.05, 3.63) is 64.1 Å². The zero-order valence-corrected chi connectivity index (χ0v) is 16.9. The minimum absolute atomic E-state index is 0.0452. The van der Waals surface area contributed by atoms with Gasteiger partial charge in [-0.3, -0.25) is 9.59 Å². The topological polar surface area (TPSA) is 140 Å². The molecule has 1 aliphatic carbocycles. The van der Waals surface area contributed by atoms with Gasteiger partial charge in [0.15, 0.2) is 5.78 Å². The van der Waals surface area contributed by atoms with Crippen molar-refractivity contribution in [3.63, 3.8) is 0 Å². The average Bonchev–Trinajstić information content (AvgIpc) is 2.72. The predicted molar refractivity (Wildman–Crippen MR) is 111 cm³/mol. The lowest BCUT2D eigenvalue weighted by Crippen LogP contribution is -2.36. The zero-order chi connectivity index (χ0) is 22.3. The summed E-state index contributed by atoms with van der Waals surface area (Å²) < 4.78 is 0.178. The highest BCUT2D eigenvalue weighted by Crippen LogP contribution is 2.41. The van der Waals surface area contributed by atoms with Crippen LogP contribution in [0.4, 0.5) is 0 Å². The standard InChI is InChI=1S/C22H29NO7/c1-2-15(14-24)7-5-3-4-6-8-18(26)19-20(27)17(13-23(30)21(19)28)22(29)11-9-16(25)10-12-22/h3-8,13,15-16,24-25,27,29-30H,2,9-12,14H2,1H3/b4-3+,7-5+,8-6+/t15-,16?,22?/m1/s1. The SMILES string of the molecule is CC[C@H](/C=C/C=C/C=C/C(=O)c1c(O)c(C2(O)CCC(O)CC2)cn(O)c1=O)CO. The quantitative estimate of drug-likeness (QED) is 0.187. The number of ketones is 1. The number of aromatic nitrogens is 1. The summed E-state index contributed by atoms with van der Waals surface area (Å²) in [4.78, 5) is 24.7. The first kappa shape index (κ1) is 23.6. The van der Waals surface area contributed by atoms with Gasteiger partial charge in [-0.2, -0.15) is 4.73 Å². The van der Waals surface area contributed by atoms with Crippen LogP contribution >= 0.6 is 0 Å². The Hall–Kier alpha value is -2.68. The molecule has 1 heterocycles. The summed E-state index contributed by atoms with van der Waals surface area (Å²) in [6.07, 6.45) is 11.2. The molecule has 1 saturated carbocycles. The summed E-state index contributed by atoms with van der Waals surface area (Å²) in [7, 11) is 0. The summed E-state index contributed by atoms with van der Waals surface area (Å²) in [5, 5.41) is 50.1. The summed E-state index contributed by atoms with van der Waals surface area (Å²) in [6, 6.07) is 0. The Kier molecular flexibility index (Phi) is 8.16. The summed E-state index contributed by atoms with van der Waals surface area (Å²) in [5.74, 6) is -1.44. The van der Waals surface area contributed by atoms with Crippen molar-refractivity contribution in [2.75, 3.05) is 6.61 Å². The van der Waals surface area contributed by atoms with E-state index in [2.05, 4.69) is 0 Å². The van der Waals surface area contributed by atoms with E-state index in [-0.39, 0.29) is 48.5 Å². The van der Waals surface area contributed by atoms with E-state index in [1.54, 1.807) is 18.2 Å². The number of rotatable bonds is 8. The second-order valence-corrected chi connectivity index (χ2v) is 7.52. The van der Waals surface area contributed by atoms with Gasteiger partial charge in [0.2, 0.25) is 0 Å². The van der Waals surface area contributed by atoms with Crippen LogP contribution in [0.5, 0.6) is 5.75 Å². The van der Waals surface area contributed by atoms with Gasteiger partial charge < -0.3 is 25.6 Å². The molecule has 0 bridgehead atoms. The number of carbonyl (C=O) groups excluding carboxylic acids is 1.